The number of benzene rings is 2. The molecule has 3 N–H and O–H groups in total. The molecular weight excluding hydrogens is 699 g/mol. The molecule has 0 fully saturated rings. The molecule has 23 heavy (non-hydrogen) atoms. The zero-order chi connectivity index (χ0) is 15.9. The lowest BCUT2D eigenvalue weighted by atomic mass is 9.90. The maximum absolute atomic E-state index is 9.80. The Balaban J connectivity index is 0.00000192. The van der Waals surface area contributed by atoms with E-state index in [0.717, 1.165) is 30.5 Å². The van der Waals surface area contributed by atoms with Gasteiger partial charge in [0.05, 0.1) is 0 Å². The maximum atomic E-state index is 9.80. The highest BCUT2D eigenvalue weighted by Crippen LogP contribution is 2.35. The van der Waals surface area contributed by atoms with E-state index in [2.05, 4.69) is 85.2 Å². The van der Waals surface area contributed by atoms with Crippen LogP contribution in [0, 0.1) is 10.7 Å². The molecule has 1 heterocycles. The number of halogens is 4. The van der Waals surface area contributed by atoms with Crippen molar-refractivity contribution in [3.63, 3.8) is 0 Å². The van der Waals surface area contributed by atoms with Crippen molar-refractivity contribution in [2.24, 2.45) is 0 Å². The molecule has 2 aromatic carbocycles. The lowest BCUT2D eigenvalue weighted by Gasteiger charge is -2.27. The molecule has 1 atom stereocenters. The monoisotopic (exact) mass is 713 g/mol. The first-order valence-electron chi connectivity index (χ1n) is 6.87. The van der Waals surface area contributed by atoms with Crippen molar-refractivity contribution in [1.82, 2.24) is 5.32 Å². The van der Waals surface area contributed by atoms with Gasteiger partial charge < -0.3 is 15.5 Å². The van der Waals surface area contributed by atoms with Crippen LogP contribution >= 0.6 is 84.8 Å². The molecule has 7 heteroatoms. The Morgan fingerprint density at radius 2 is 1.61 bits per heavy atom. The van der Waals surface area contributed by atoms with Crippen LogP contribution in [0.25, 0.3) is 0 Å². The van der Waals surface area contributed by atoms with Crippen molar-refractivity contribution in [2.45, 2.75) is 18.9 Å². The minimum absolute atomic E-state index is 0. The van der Waals surface area contributed by atoms with E-state index in [0.29, 0.717) is 0 Å². The summed E-state index contributed by atoms with van der Waals surface area (Å²) < 4.78 is 3.83. The molecule has 1 aliphatic rings. The molecule has 0 saturated carbocycles. The summed E-state index contributed by atoms with van der Waals surface area (Å²) >= 11 is 7.12. The number of nitrogens with one attached hydrogen (secondary N) is 1. The Morgan fingerprint density at radius 3 is 2.26 bits per heavy atom. The number of phenolic OH excluding ortho intramolecular Hbond substituents is 2. The maximum Gasteiger partial charge on any atom is 0.157 e. The van der Waals surface area contributed by atoms with Crippen molar-refractivity contribution < 1.29 is 10.2 Å². The predicted molar refractivity (Wildman–Crippen MR) is 123 cm³/mol. The molecule has 0 spiro atoms. The fraction of sp³-hybridized carbons (Fsp3) is 0.250. The van der Waals surface area contributed by atoms with Gasteiger partial charge in [0.2, 0.25) is 0 Å². The van der Waals surface area contributed by atoms with Gasteiger partial charge in [-0.15, -0.1) is 17.0 Å². The molecule has 124 valence electrons. The van der Waals surface area contributed by atoms with Crippen molar-refractivity contribution in [1.29, 1.82) is 0 Å². The zero-order valence-electron chi connectivity index (χ0n) is 11.9. The normalized spacial score (nSPS) is 16.6. The van der Waals surface area contributed by atoms with Crippen molar-refractivity contribution >= 4 is 84.8 Å². The van der Waals surface area contributed by atoms with Crippen LogP contribution in [0.15, 0.2) is 24.3 Å². The topological polar surface area (TPSA) is 52.5 Å². The zero-order valence-corrected chi connectivity index (χ0v) is 20.1. The van der Waals surface area contributed by atoms with Crippen LogP contribution in [-0.2, 0) is 12.8 Å². The summed E-state index contributed by atoms with van der Waals surface area (Å²) in [5.74, 6) is -0.0722. The third-order valence-corrected chi connectivity index (χ3v) is 8.81. The Labute approximate surface area is 186 Å². The van der Waals surface area contributed by atoms with Gasteiger partial charge in [-0.25, -0.2) is 0 Å². The molecule has 3 rings (SSSR count). The smallest absolute Gasteiger partial charge is 0.157 e. The van der Waals surface area contributed by atoms with Crippen molar-refractivity contribution in [3.8, 4) is 11.5 Å². The van der Waals surface area contributed by atoms with Gasteiger partial charge in [-0.1, -0.05) is 0 Å². The van der Waals surface area contributed by atoms with Crippen LogP contribution < -0.4 is 5.32 Å². The van der Waals surface area contributed by atoms with Gasteiger partial charge in [-0.2, -0.15) is 0 Å². The summed E-state index contributed by atoms with van der Waals surface area (Å²) in [6.45, 7) is 0.889. The van der Waals surface area contributed by atoms with E-state index in [1.165, 1.54) is 16.3 Å². The van der Waals surface area contributed by atoms with Crippen LogP contribution in [-0.4, -0.2) is 16.8 Å². The minimum Gasteiger partial charge on any atom is -0.504 e. The highest BCUT2D eigenvalue weighted by molar-refractivity contribution is 14.1. The summed E-state index contributed by atoms with van der Waals surface area (Å²) in [6, 6.07) is 8.01. The Hall–Kier alpha value is 0.670. The number of fused-ring (bicyclic) bond motifs is 1. The summed E-state index contributed by atoms with van der Waals surface area (Å²) in [5, 5.41) is 23.0. The fourth-order valence-corrected chi connectivity index (χ4v) is 5.02. The first-order valence-corrected chi connectivity index (χ1v) is 10.1. The quantitative estimate of drug-likeness (QED) is 0.236. The molecule has 0 radical (unpaired) electrons. The van der Waals surface area contributed by atoms with Gasteiger partial charge >= 0.3 is 0 Å². The van der Waals surface area contributed by atoms with Gasteiger partial charge in [0.1, 0.15) is 0 Å². The van der Waals surface area contributed by atoms with Gasteiger partial charge in [0.25, 0.3) is 0 Å². The molecule has 1 aliphatic heterocycles. The molecule has 1 unspecified atom stereocenters. The summed E-state index contributed by atoms with van der Waals surface area (Å²) in [6.07, 6.45) is 1.75. The van der Waals surface area contributed by atoms with Gasteiger partial charge in [0.15, 0.2) is 11.5 Å². The number of hydrogen-bond donors (Lipinski definition) is 3. The molecule has 0 aromatic heterocycles. The highest BCUT2D eigenvalue weighted by atomic mass is 127. The Kier molecular flexibility index (Phi) is 7.27. The van der Waals surface area contributed by atoms with E-state index in [9.17, 15) is 10.2 Å². The number of aromatic hydroxyl groups is 2. The first-order chi connectivity index (χ1) is 10.5. The average molecular weight is 714 g/mol. The van der Waals surface area contributed by atoms with Gasteiger partial charge in [-0.05, 0) is 128 Å². The van der Waals surface area contributed by atoms with Crippen LogP contribution in [0.2, 0.25) is 0 Å². The molecule has 0 amide bonds. The molecule has 2 aromatic rings. The predicted octanol–water partition coefficient (Wildman–Crippen LogP) is 4.92. The largest absolute Gasteiger partial charge is 0.504 e. The second-order valence-corrected chi connectivity index (χ2v) is 8.78. The first kappa shape index (κ1) is 20.0. The third kappa shape index (κ3) is 4.45. The molecule has 0 bridgehead atoms. The SMILES string of the molecule is Br.Oc1cc2c(cc1O)C(Cc1cc(I)c(I)c(I)c1)NCC2. The fourth-order valence-electron chi connectivity index (χ4n) is 2.81. The van der Waals surface area contributed by atoms with E-state index in [4.69, 9.17) is 0 Å². The molecular formula is C16H15BrI3NO2. The standard InChI is InChI=1S/C16H14I3NO2.BrH/c17-11-3-8(4-12(18)16(11)19)5-13-10-7-15(22)14(21)6-9(10)1-2-20-13;/h3-4,6-7,13,20-22H,1-2,5H2;1H. The highest BCUT2D eigenvalue weighted by Gasteiger charge is 2.22. The minimum atomic E-state index is -0.0424. The van der Waals surface area contributed by atoms with Crippen molar-refractivity contribution in [2.75, 3.05) is 6.54 Å². The second kappa shape index (κ2) is 8.37. The van der Waals surface area contributed by atoms with Crippen LogP contribution in [0.1, 0.15) is 22.7 Å². The number of hydrogen-bond acceptors (Lipinski definition) is 3. The lowest BCUT2D eigenvalue weighted by Crippen LogP contribution is -2.31. The number of rotatable bonds is 2. The van der Waals surface area contributed by atoms with Crippen molar-refractivity contribution in [3.05, 3.63) is 51.7 Å². The van der Waals surface area contributed by atoms with Crippen LogP contribution in [0.4, 0.5) is 0 Å². The van der Waals surface area contributed by atoms with Gasteiger partial charge in [0, 0.05) is 16.8 Å². The molecule has 0 saturated heterocycles. The summed E-state index contributed by atoms with van der Waals surface area (Å²) in [4.78, 5) is 0. The van der Waals surface area contributed by atoms with Crippen LogP contribution in [0.5, 0.6) is 11.5 Å². The van der Waals surface area contributed by atoms with E-state index in [-0.39, 0.29) is 34.5 Å². The average Bonchev–Trinajstić information content (AvgIpc) is 2.47. The van der Waals surface area contributed by atoms with E-state index in [1.54, 1.807) is 12.1 Å². The number of phenols is 2. The second-order valence-electron chi connectivity index (χ2n) is 5.37. The van der Waals surface area contributed by atoms with E-state index >= 15 is 0 Å². The Bertz CT molecular complexity index is 717. The lowest BCUT2D eigenvalue weighted by molar-refractivity contribution is 0.398. The molecule has 0 aliphatic carbocycles. The van der Waals surface area contributed by atoms with E-state index < -0.39 is 0 Å². The summed E-state index contributed by atoms with van der Waals surface area (Å²) in [7, 11) is 0. The molecule has 3 nitrogen and oxygen atoms in total. The third-order valence-electron chi connectivity index (χ3n) is 3.88. The Morgan fingerprint density at radius 1 is 1.00 bits per heavy atom. The van der Waals surface area contributed by atoms with Crippen LogP contribution in [0.3, 0.4) is 0 Å². The van der Waals surface area contributed by atoms with E-state index in [1.807, 2.05) is 0 Å². The van der Waals surface area contributed by atoms with Gasteiger partial charge in [-0.3, -0.25) is 0 Å². The summed E-state index contributed by atoms with van der Waals surface area (Å²) in [5.41, 5.74) is 3.49.